The van der Waals surface area contributed by atoms with E-state index in [-0.39, 0.29) is 0 Å². The second-order valence-electron chi connectivity index (χ2n) is 4.90. The fourth-order valence-electron chi connectivity index (χ4n) is 2.46. The summed E-state index contributed by atoms with van der Waals surface area (Å²) in [5.41, 5.74) is 2.40. The Balaban J connectivity index is 2.14. The first-order chi connectivity index (χ1) is 8.65. The van der Waals surface area contributed by atoms with Crippen LogP contribution in [0.25, 0.3) is 0 Å². The number of rotatable bonds is 3. The first-order valence-corrected chi connectivity index (χ1v) is 7.95. The van der Waals surface area contributed by atoms with Crippen molar-refractivity contribution in [3.8, 4) is 0 Å². The zero-order valence-corrected chi connectivity index (χ0v) is 13.3. The summed E-state index contributed by atoms with van der Waals surface area (Å²) in [6.07, 6.45) is 1.19. The zero-order chi connectivity index (χ0) is 13.1. The molecule has 1 unspecified atom stereocenters. The van der Waals surface area contributed by atoms with Gasteiger partial charge in [0.1, 0.15) is 0 Å². The summed E-state index contributed by atoms with van der Waals surface area (Å²) in [7, 11) is 2.21. The maximum atomic E-state index is 6.28. The van der Waals surface area contributed by atoms with E-state index in [4.69, 9.17) is 11.6 Å². The van der Waals surface area contributed by atoms with Crippen molar-refractivity contribution in [2.75, 3.05) is 31.6 Å². The molecule has 2 rings (SSSR count). The van der Waals surface area contributed by atoms with E-state index >= 15 is 0 Å². The van der Waals surface area contributed by atoms with Crippen molar-refractivity contribution in [3.63, 3.8) is 0 Å². The Morgan fingerprint density at radius 1 is 1.39 bits per heavy atom. The third-order valence-corrected chi connectivity index (χ3v) is 4.75. The monoisotopic (exact) mass is 330 g/mol. The van der Waals surface area contributed by atoms with Crippen molar-refractivity contribution in [2.45, 2.75) is 24.7 Å². The summed E-state index contributed by atoms with van der Waals surface area (Å²) in [6.45, 7) is 5.55. The minimum Gasteiger partial charge on any atom is -0.369 e. The lowest BCUT2D eigenvalue weighted by atomic mass is 10.1. The molecule has 18 heavy (non-hydrogen) atoms. The number of anilines is 1. The molecule has 1 aromatic rings. The molecule has 0 bridgehead atoms. The minimum atomic E-state index is 0.647. The molecular formula is C14H20BrClN2. The lowest BCUT2D eigenvalue weighted by Crippen LogP contribution is -2.51. The van der Waals surface area contributed by atoms with Crippen LogP contribution in [0.2, 0.25) is 5.02 Å². The van der Waals surface area contributed by atoms with Crippen molar-refractivity contribution in [1.82, 2.24) is 4.90 Å². The van der Waals surface area contributed by atoms with E-state index in [0.29, 0.717) is 6.04 Å². The summed E-state index contributed by atoms with van der Waals surface area (Å²) in [5.74, 6) is 0. The van der Waals surface area contributed by atoms with E-state index in [1.54, 1.807) is 0 Å². The summed E-state index contributed by atoms with van der Waals surface area (Å²) >= 11 is 9.73. The molecule has 1 atom stereocenters. The first kappa shape index (κ1) is 14.2. The largest absolute Gasteiger partial charge is 0.369 e. The maximum Gasteiger partial charge on any atom is 0.0467 e. The van der Waals surface area contributed by atoms with Gasteiger partial charge in [0.05, 0.1) is 0 Å². The third kappa shape index (κ3) is 3.01. The number of likely N-dealkylation sites (N-methyl/N-ethyl adjacent to an activating group) is 1. The predicted molar refractivity (Wildman–Crippen MR) is 83.0 cm³/mol. The van der Waals surface area contributed by atoms with Crippen molar-refractivity contribution in [3.05, 3.63) is 28.8 Å². The molecule has 0 radical (unpaired) electrons. The lowest BCUT2D eigenvalue weighted by Gasteiger charge is -2.40. The Morgan fingerprint density at radius 3 is 2.78 bits per heavy atom. The Hall–Kier alpha value is -0.250. The molecular weight excluding hydrogens is 312 g/mol. The highest BCUT2D eigenvalue weighted by Gasteiger charge is 2.23. The van der Waals surface area contributed by atoms with Gasteiger partial charge in [0.15, 0.2) is 0 Å². The van der Waals surface area contributed by atoms with Crippen molar-refractivity contribution >= 4 is 33.2 Å². The van der Waals surface area contributed by atoms with E-state index in [2.05, 4.69) is 57.9 Å². The predicted octanol–water partition coefficient (Wildman–Crippen LogP) is 3.77. The van der Waals surface area contributed by atoms with Crippen LogP contribution in [-0.4, -0.2) is 37.6 Å². The van der Waals surface area contributed by atoms with Gasteiger partial charge in [0.25, 0.3) is 0 Å². The second kappa shape index (κ2) is 6.27. The van der Waals surface area contributed by atoms with Gasteiger partial charge in [0, 0.05) is 41.7 Å². The van der Waals surface area contributed by atoms with Gasteiger partial charge in [-0.2, -0.15) is 0 Å². The molecule has 2 nitrogen and oxygen atoms in total. The molecule has 0 amide bonds. The Bertz CT molecular complexity index is 411. The van der Waals surface area contributed by atoms with Crippen LogP contribution in [0.4, 0.5) is 5.69 Å². The number of alkyl halides is 1. The normalized spacial score (nSPS) is 21.3. The topological polar surface area (TPSA) is 6.48 Å². The van der Waals surface area contributed by atoms with Gasteiger partial charge in [-0.3, -0.25) is 4.90 Å². The molecule has 100 valence electrons. The molecule has 1 saturated heterocycles. The summed E-state index contributed by atoms with van der Waals surface area (Å²) in [5, 5.41) is 1.67. The quantitative estimate of drug-likeness (QED) is 0.778. The number of benzene rings is 1. The smallest absolute Gasteiger partial charge is 0.0467 e. The summed E-state index contributed by atoms with van der Waals surface area (Å²) in [4.78, 5) is 4.89. The molecule has 0 N–H and O–H groups in total. The average molecular weight is 332 g/mol. The molecule has 0 aliphatic carbocycles. The Labute approximate surface area is 123 Å². The van der Waals surface area contributed by atoms with Crippen LogP contribution in [0.5, 0.6) is 0 Å². The summed E-state index contributed by atoms with van der Waals surface area (Å²) in [6, 6.07) is 7.04. The third-order valence-electron chi connectivity index (χ3n) is 3.79. The average Bonchev–Trinajstić information content (AvgIpc) is 2.39. The molecule has 1 fully saturated rings. The van der Waals surface area contributed by atoms with Crippen LogP contribution in [0.3, 0.4) is 0 Å². The van der Waals surface area contributed by atoms with Crippen LogP contribution in [-0.2, 0) is 5.33 Å². The fourth-order valence-corrected chi connectivity index (χ4v) is 3.35. The molecule has 1 heterocycles. The van der Waals surface area contributed by atoms with Gasteiger partial charge in [-0.15, -0.1) is 0 Å². The molecule has 0 saturated carbocycles. The van der Waals surface area contributed by atoms with Gasteiger partial charge in [-0.25, -0.2) is 0 Å². The molecule has 0 aromatic heterocycles. The van der Waals surface area contributed by atoms with E-state index in [1.165, 1.54) is 12.1 Å². The fraction of sp³-hybridized carbons (Fsp3) is 0.571. The lowest BCUT2D eigenvalue weighted by molar-refractivity contribution is 0.213. The van der Waals surface area contributed by atoms with E-state index < -0.39 is 0 Å². The van der Waals surface area contributed by atoms with Gasteiger partial charge in [0.2, 0.25) is 0 Å². The number of halogens is 2. The van der Waals surface area contributed by atoms with Crippen LogP contribution < -0.4 is 4.90 Å². The van der Waals surface area contributed by atoms with Crippen LogP contribution in [0, 0.1) is 0 Å². The van der Waals surface area contributed by atoms with E-state index in [1.807, 2.05) is 0 Å². The SMILES string of the molecule is CCC1CN(c2ccc(CBr)c(Cl)c2)CCN1C. The van der Waals surface area contributed by atoms with Crippen molar-refractivity contribution in [2.24, 2.45) is 0 Å². The highest BCUT2D eigenvalue weighted by molar-refractivity contribution is 9.08. The maximum absolute atomic E-state index is 6.28. The van der Waals surface area contributed by atoms with E-state index in [0.717, 1.165) is 35.6 Å². The van der Waals surface area contributed by atoms with Gasteiger partial charge >= 0.3 is 0 Å². The molecule has 4 heteroatoms. The Morgan fingerprint density at radius 2 is 2.17 bits per heavy atom. The molecule has 1 aromatic carbocycles. The Kier molecular flexibility index (Phi) is 4.93. The van der Waals surface area contributed by atoms with E-state index in [9.17, 15) is 0 Å². The number of nitrogens with zero attached hydrogens (tertiary/aromatic N) is 2. The first-order valence-electron chi connectivity index (χ1n) is 6.45. The van der Waals surface area contributed by atoms with Crippen LogP contribution in [0.15, 0.2) is 18.2 Å². The molecule has 0 spiro atoms. The van der Waals surface area contributed by atoms with Crippen LogP contribution >= 0.6 is 27.5 Å². The van der Waals surface area contributed by atoms with Gasteiger partial charge in [-0.05, 0) is 31.2 Å². The highest BCUT2D eigenvalue weighted by Crippen LogP contribution is 2.27. The van der Waals surface area contributed by atoms with Gasteiger partial charge in [-0.1, -0.05) is 40.5 Å². The van der Waals surface area contributed by atoms with Crippen molar-refractivity contribution < 1.29 is 0 Å². The molecule has 1 aliphatic rings. The van der Waals surface area contributed by atoms with Gasteiger partial charge < -0.3 is 4.90 Å². The number of hydrogen-bond donors (Lipinski definition) is 0. The minimum absolute atomic E-state index is 0.647. The second-order valence-corrected chi connectivity index (χ2v) is 5.87. The number of piperazine rings is 1. The number of hydrogen-bond acceptors (Lipinski definition) is 2. The van der Waals surface area contributed by atoms with Crippen LogP contribution in [0.1, 0.15) is 18.9 Å². The van der Waals surface area contributed by atoms with Crippen molar-refractivity contribution in [1.29, 1.82) is 0 Å². The standard InChI is InChI=1S/C14H20BrClN2/c1-3-12-10-18(7-6-17(12)2)13-5-4-11(9-15)14(16)8-13/h4-5,8,12H,3,6-7,9-10H2,1-2H3. The summed E-state index contributed by atoms with van der Waals surface area (Å²) < 4.78 is 0. The highest BCUT2D eigenvalue weighted by atomic mass is 79.9. The molecule has 1 aliphatic heterocycles. The zero-order valence-electron chi connectivity index (χ0n) is 11.0.